The maximum Gasteiger partial charge on any atom is 0.0515 e. The van der Waals surface area contributed by atoms with Crippen molar-refractivity contribution in [3.05, 3.63) is 23.3 Å². The molecular formula is C23H40O. The minimum absolute atomic E-state index is 0.179. The van der Waals surface area contributed by atoms with Crippen molar-refractivity contribution in [1.82, 2.24) is 0 Å². The van der Waals surface area contributed by atoms with Crippen LogP contribution in [0.4, 0.5) is 0 Å². The Hall–Kier alpha value is -0.560. The fraction of sp³-hybridized carbons (Fsp3) is 0.826. The van der Waals surface area contributed by atoms with Gasteiger partial charge in [-0.3, -0.25) is 0 Å². The summed E-state index contributed by atoms with van der Waals surface area (Å²) in [5.41, 5.74) is 4.12. The summed E-state index contributed by atoms with van der Waals surface area (Å²) in [6.45, 7) is 14.1. The molecule has 1 saturated carbocycles. The van der Waals surface area contributed by atoms with E-state index in [1.165, 1.54) is 44.1 Å². The van der Waals surface area contributed by atoms with E-state index in [0.29, 0.717) is 10.8 Å². The zero-order valence-electron chi connectivity index (χ0n) is 17.0. The maximum absolute atomic E-state index is 9.41. The van der Waals surface area contributed by atoms with Gasteiger partial charge in [0.25, 0.3) is 0 Å². The topological polar surface area (TPSA) is 20.2 Å². The largest absolute Gasteiger partial charge is 0.393 e. The summed E-state index contributed by atoms with van der Waals surface area (Å²) < 4.78 is 0. The van der Waals surface area contributed by atoms with E-state index in [1.54, 1.807) is 5.57 Å². The van der Waals surface area contributed by atoms with Crippen LogP contribution in [0.1, 0.15) is 92.9 Å². The van der Waals surface area contributed by atoms with E-state index >= 15 is 0 Å². The third-order valence-electron chi connectivity index (χ3n) is 7.20. The molecule has 0 bridgehead atoms. The summed E-state index contributed by atoms with van der Waals surface area (Å²) in [4.78, 5) is 0. The molecule has 4 atom stereocenters. The normalized spacial score (nSPS) is 34.5. The van der Waals surface area contributed by atoms with Crippen LogP contribution in [0.15, 0.2) is 23.3 Å². The number of allylic oxidation sites excluding steroid dienone is 4. The Balaban J connectivity index is 2.05. The summed E-state index contributed by atoms with van der Waals surface area (Å²) in [7, 11) is 0. The monoisotopic (exact) mass is 332 g/mol. The molecule has 1 nitrogen and oxygen atoms in total. The van der Waals surface area contributed by atoms with Gasteiger partial charge < -0.3 is 5.11 Å². The Morgan fingerprint density at radius 1 is 1.33 bits per heavy atom. The highest BCUT2D eigenvalue weighted by Gasteiger charge is 2.51. The van der Waals surface area contributed by atoms with E-state index in [-0.39, 0.29) is 6.10 Å². The number of hydrogen-bond donors (Lipinski definition) is 1. The molecule has 2 aliphatic carbocycles. The van der Waals surface area contributed by atoms with Gasteiger partial charge in [0.1, 0.15) is 0 Å². The van der Waals surface area contributed by atoms with E-state index in [2.05, 4.69) is 46.8 Å². The summed E-state index contributed by atoms with van der Waals surface area (Å²) >= 11 is 0. The Bertz CT molecular complexity index is 482. The first-order valence-corrected chi connectivity index (χ1v) is 10.2. The second kappa shape index (κ2) is 7.77. The van der Waals surface area contributed by atoms with Crippen molar-refractivity contribution < 1.29 is 5.11 Å². The number of rotatable bonds is 6. The van der Waals surface area contributed by atoms with Gasteiger partial charge in [0.2, 0.25) is 0 Å². The minimum atomic E-state index is -0.179. The lowest BCUT2D eigenvalue weighted by atomic mass is 9.48. The molecule has 0 saturated heterocycles. The van der Waals surface area contributed by atoms with Crippen molar-refractivity contribution in [2.45, 2.75) is 99.0 Å². The van der Waals surface area contributed by atoms with Gasteiger partial charge >= 0.3 is 0 Å². The van der Waals surface area contributed by atoms with Gasteiger partial charge in [-0.25, -0.2) is 0 Å². The number of fused-ring (bicyclic) bond motifs is 1. The highest BCUT2D eigenvalue weighted by atomic mass is 16.3. The van der Waals surface area contributed by atoms with Crippen molar-refractivity contribution in [1.29, 1.82) is 0 Å². The van der Waals surface area contributed by atoms with Crippen LogP contribution < -0.4 is 0 Å². The standard InChI is InChI=1S/C23H40O/c1-17(9-7-10-19(3)24)11-13-20-18(2)12-14-21-22(4,5)15-8-16-23(20,21)6/h9,12,19-21,24H,7-8,10-11,13-16H2,1-6H3/b17-9+/t19-,20+,21+,23+/m1/s1. The molecule has 0 unspecified atom stereocenters. The molecule has 2 aliphatic rings. The zero-order valence-corrected chi connectivity index (χ0v) is 17.0. The number of aliphatic hydroxyl groups is 1. The Kier molecular flexibility index (Phi) is 6.40. The molecule has 0 spiro atoms. The molecule has 24 heavy (non-hydrogen) atoms. The Morgan fingerprint density at radius 3 is 2.71 bits per heavy atom. The lowest BCUT2D eigenvalue weighted by Crippen LogP contribution is -2.48. The fourth-order valence-electron chi connectivity index (χ4n) is 5.74. The highest BCUT2D eigenvalue weighted by molar-refractivity contribution is 5.19. The molecule has 0 aromatic rings. The van der Waals surface area contributed by atoms with Gasteiger partial charge in [0, 0.05) is 0 Å². The molecule has 1 heteroatoms. The summed E-state index contributed by atoms with van der Waals surface area (Å²) in [6.07, 6.45) is 14.6. The smallest absolute Gasteiger partial charge is 0.0515 e. The van der Waals surface area contributed by atoms with Crippen molar-refractivity contribution >= 4 is 0 Å². The predicted octanol–water partition coefficient (Wildman–Crippen LogP) is 6.67. The molecule has 1 fully saturated rings. The average molecular weight is 333 g/mol. The first-order chi connectivity index (χ1) is 11.2. The molecule has 0 radical (unpaired) electrons. The third-order valence-corrected chi connectivity index (χ3v) is 7.20. The number of aliphatic hydroxyl groups excluding tert-OH is 1. The lowest BCUT2D eigenvalue weighted by molar-refractivity contribution is -0.0390. The van der Waals surface area contributed by atoms with Gasteiger partial charge in [0.05, 0.1) is 6.10 Å². The summed E-state index contributed by atoms with van der Waals surface area (Å²) in [6, 6.07) is 0. The zero-order chi connectivity index (χ0) is 18.0. The molecule has 2 rings (SSSR count). The molecule has 138 valence electrons. The van der Waals surface area contributed by atoms with Crippen LogP contribution in [0.5, 0.6) is 0 Å². The van der Waals surface area contributed by atoms with Crippen molar-refractivity contribution in [2.24, 2.45) is 22.7 Å². The van der Waals surface area contributed by atoms with E-state index in [0.717, 1.165) is 24.7 Å². The van der Waals surface area contributed by atoms with Crippen LogP contribution in [0.25, 0.3) is 0 Å². The van der Waals surface area contributed by atoms with Crippen molar-refractivity contribution in [3.63, 3.8) is 0 Å². The second-order valence-electron chi connectivity index (χ2n) is 9.65. The predicted molar refractivity (Wildman–Crippen MR) is 105 cm³/mol. The van der Waals surface area contributed by atoms with Crippen molar-refractivity contribution in [3.8, 4) is 0 Å². The molecule has 0 aromatic carbocycles. The summed E-state index contributed by atoms with van der Waals surface area (Å²) in [5.74, 6) is 1.59. The minimum Gasteiger partial charge on any atom is -0.393 e. The molecule has 1 N–H and O–H groups in total. The van der Waals surface area contributed by atoms with Gasteiger partial charge in [-0.1, -0.05) is 50.5 Å². The van der Waals surface area contributed by atoms with Gasteiger partial charge in [0.15, 0.2) is 0 Å². The van der Waals surface area contributed by atoms with Crippen LogP contribution in [-0.2, 0) is 0 Å². The first-order valence-electron chi connectivity index (χ1n) is 10.2. The quantitative estimate of drug-likeness (QED) is 0.538. The van der Waals surface area contributed by atoms with Gasteiger partial charge in [-0.05, 0) is 88.4 Å². The third kappa shape index (κ3) is 4.34. The molecule has 0 aliphatic heterocycles. The molecule has 0 aromatic heterocycles. The van der Waals surface area contributed by atoms with E-state index in [4.69, 9.17) is 0 Å². The molecular weight excluding hydrogens is 292 g/mol. The van der Waals surface area contributed by atoms with E-state index in [1.807, 2.05) is 6.92 Å². The fourth-order valence-corrected chi connectivity index (χ4v) is 5.74. The van der Waals surface area contributed by atoms with E-state index in [9.17, 15) is 5.11 Å². The second-order valence-corrected chi connectivity index (χ2v) is 9.65. The van der Waals surface area contributed by atoms with Crippen LogP contribution >= 0.6 is 0 Å². The lowest BCUT2D eigenvalue weighted by Gasteiger charge is -2.57. The molecule has 0 heterocycles. The van der Waals surface area contributed by atoms with Crippen LogP contribution in [0.2, 0.25) is 0 Å². The Labute approximate surface area is 150 Å². The van der Waals surface area contributed by atoms with Gasteiger partial charge in [-0.2, -0.15) is 0 Å². The SMILES string of the molecule is CC1=CC[C@H]2C(C)(C)CCC[C@@]2(C)[C@H]1CC/C(C)=C/CC[C@@H](C)O. The average Bonchev–Trinajstić information content (AvgIpc) is 2.45. The van der Waals surface area contributed by atoms with Crippen LogP contribution in [0.3, 0.4) is 0 Å². The summed E-state index contributed by atoms with van der Waals surface area (Å²) in [5, 5.41) is 9.41. The molecule has 0 amide bonds. The van der Waals surface area contributed by atoms with Crippen LogP contribution in [0, 0.1) is 22.7 Å². The highest BCUT2D eigenvalue weighted by Crippen LogP contribution is 2.60. The van der Waals surface area contributed by atoms with E-state index < -0.39 is 0 Å². The Morgan fingerprint density at radius 2 is 2.04 bits per heavy atom. The maximum atomic E-state index is 9.41. The van der Waals surface area contributed by atoms with Crippen LogP contribution in [-0.4, -0.2) is 11.2 Å². The first kappa shape index (κ1) is 19.8. The van der Waals surface area contributed by atoms with Crippen molar-refractivity contribution in [2.75, 3.05) is 0 Å². The number of hydrogen-bond acceptors (Lipinski definition) is 1. The van der Waals surface area contributed by atoms with Gasteiger partial charge in [-0.15, -0.1) is 0 Å².